The average Bonchev–Trinajstić information content (AvgIpc) is 2.75. The second kappa shape index (κ2) is 7.95. The molecule has 29 heavy (non-hydrogen) atoms. The number of hydrogen-bond acceptors (Lipinski definition) is 6. The van der Waals surface area contributed by atoms with Crippen LogP contribution < -0.4 is 10.9 Å². The van der Waals surface area contributed by atoms with Crippen LogP contribution in [-0.2, 0) is 0 Å². The van der Waals surface area contributed by atoms with E-state index in [1.54, 1.807) is 30.6 Å². The predicted octanol–water partition coefficient (Wildman–Crippen LogP) is 5.46. The van der Waals surface area contributed by atoms with Crippen LogP contribution in [0.4, 0.5) is 11.5 Å². The number of aromatic nitrogens is 2. The lowest BCUT2D eigenvalue weighted by Gasteiger charge is -2.30. The van der Waals surface area contributed by atoms with E-state index in [0.717, 1.165) is 11.1 Å². The minimum absolute atomic E-state index is 0.211. The number of hydrogen-bond donors (Lipinski definition) is 1. The Morgan fingerprint density at radius 3 is 2.59 bits per heavy atom. The van der Waals surface area contributed by atoms with Crippen LogP contribution in [0.15, 0.2) is 78.2 Å². The number of fused-ring (bicyclic) bond motifs is 1. The lowest BCUT2D eigenvalue weighted by molar-refractivity contribution is 0.723. The van der Waals surface area contributed by atoms with E-state index in [4.69, 9.17) is 17.4 Å². The Labute approximate surface area is 172 Å². The van der Waals surface area contributed by atoms with Crippen molar-refractivity contribution < 1.29 is 0 Å². The molecular formula is C22H18ClN5O. The van der Waals surface area contributed by atoms with Gasteiger partial charge >= 0.3 is 0 Å². The summed E-state index contributed by atoms with van der Waals surface area (Å²) in [7, 11) is 0. The summed E-state index contributed by atoms with van der Waals surface area (Å²) < 4.78 is 0. The lowest BCUT2D eigenvalue weighted by atomic mass is 9.94. The van der Waals surface area contributed by atoms with Crippen molar-refractivity contribution in [2.45, 2.75) is 13.0 Å². The molecule has 4 rings (SSSR count). The maximum absolute atomic E-state index is 11.9. The number of pyridine rings is 2. The number of rotatable bonds is 5. The van der Waals surface area contributed by atoms with Crippen molar-refractivity contribution in [2.24, 2.45) is 11.0 Å². The van der Waals surface area contributed by atoms with Gasteiger partial charge in [0.2, 0.25) is 0 Å². The van der Waals surface area contributed by atoms with Crippen molar-refractivity contribution in [1.29, 1.82) is 0 Å². The second-order valence-corrected chi connectivity index (χ2v) is 7.11. The summed E-state index contributed by atoms with van der Waals surface area (Å²) in [5.41, 5.74) is 3.16. The van der Waals surface area contributed by atoms with Gasteiger partial charge in [-0.2, -0.15) is 0 Å². The summed E-state index contributed by atoms with van der Waals surface area (Å²) in [6.45, 7) is 2.00. The van der Waals surface area contributed by atoms with E-state index >= 15 is 0 Å². The molecule has 0 saturated carbocycles. The fourth-order valence-electron chi connectivity index (χ4n) is 3.48. The number of halogens is 1. The van der Waals surface area contributed by atoms with Crippen molar-refractivity contribution in [3.63, 3.8) is 0 Å². The number of nitroso groups, excluding NO2 is 1. The van der Waals surface area contributed by atoms with Crippen molar-refractivity contribution in [3.05, 3.63) is 99.7 Å². The fourth-order valence-corrected chi connectivity index (χ4v) is 3.75. The molecule has 1 unspecified atom stereocenters. The standard InChI is InChI=1S/C22H18ClN5O/c1-14-6-4-7-15(12-14)22(28(24)19-9-2-3-10-25-19)17-13-18(23)16-8-5-11-26-20(16)21(17)27-29/h2-13,22H,24H2,1H3. The van der Waals surface area contributed by atoms with Crippen LogP contribution in [0, 0.1) is 11.8 Å². The predicted molar refractivity (Wildman–Crippen MR) is 116 cm³/mol. The summed E-state index contributed by atoms with van der Waals surface area (Å²) in [4.78, 5) is 20.6. The third kappa shape index (κ3) is 3.55. The van der Waals surface area contributed by atoms with E-state index in [9.17, 15) is 4.91 Å². The Morgan fingerprint density at radius 1 is 1.03 bits per heavy atom. The van der Waals surface area contributed by atoms with Crippen molar-refractivity contribution in [3.8, 4) is 0 Å². The molecule has 0 aliphatic carbocycles. The van der Waals surface area contributed by atoms with Gasteiger partial charge in [0, 0.05) is 23.3 Å². The molecule has 7 heteroatoms. The average molecular weight is 404 g/mol. The Hall–Kier alpha value is -3.35. The summed E-state index contributed by atoms with van der Waals surface area (Å²) in [5, 5.41) is 5.97. The van der Waals surface area contributed by atoms with Gasteiger partial charge in [-0.15, -0.1) is 4.91 Å². The van der Waals surface area contributed by atoms with Gasteiger partial charge in [-0.1, -0.05) is 47.5 Å². The quantitative estimate of drug-likeness (QED) is 0.272. The zero-order valence-electron chi connectivity index (χ0n) is 15.7. The first-order valence-electron chi connectivity index (χ1n) is 9.02. The molecule has 2 N–H and O–H groups in total. The van der Waals surface area contributed by atoms with Gasteiger partial charge < -0.3 is 0 Å². The van der Waals surface area contributed by atoms with Gasteiger partial charge in [-0.3, -0.25) is 9.99 Å². The summed E-state index contributed by atoms with van der Waals surface area (Å²) in [6, 6.07) is 18.1. The summed E-state index contributed by atoms with van der Waals surface area (Å²) in [5.74, 6) is 7.08. The topological polar surface area (TPSA) is 84.5 Å². The van der Waals surface area contributed by atoms with Gasteiger partial charge in [0.05, 0.1) is 11.1 Å². The maximum Gasteiger partial charge on any atom is 0.143 e. The first-order chi connectivity index (χ1) is 14.1. The van der Waals surface area contributed by atoms with E-state index < -0.39 is 6.04 Å². The van der Waals surface area contributed by atoms with Crippen LogP contribution >= 0.6 is 11.6 Å². The first kappa shape index (κ1) is 19.0. The van der Waals surface area contributed by atoms with E-state index in [1.165, 1.54) is 5.01 Å². The highest BCUT2D eigenvalue weighted by Crippen LogP contribution is 2.41. The molecule has 0 aliphatic rings. The minimum atomic E-state index is -0.540. The molecular weight excluding hydrogens is 386 g/mol. The third-order valence-electron chi connectivity index (χ3n) is 4.78. The Bertz CT molecular complexity index is 1180. The first-order valence-corrected chi connectivity index (χ1v) is 9.40. The molecule has 2 heterocycles. The molecule has 2 aromatic carbocycles. The SMILES string of the molecule is Cc1cccc(C(c2cc(Cl)c3cccnc3c2N=O)N(N)c2ccccn2)c1. The van der Waals surface area contributed by atoms with E-state index in [0.29, 0.717) is 27.3 Å². The van der Waals surface area contributed by atoms with Crippen LogP contribution in [0.5, 0.6) is 0 Å². The zero-order chi connectivity index (χ0) is 20.4. The molecule has 2 aromatic heterocycles. The van der Waals surface area contributed by atoms with Crippen molar-refractivity contribution in [1.82, 2.24) is 9.97 Å². The zero-order valence-corrected chi connectivity index (χ0v) is 16.4. The highest BCUT2D eigenvalue weighted by Gasteiger charge is 2.27. The smallest absolute Gasteiger partial charge is 0.143 e. The molecule has 6 nitrogen and oxygen atoms in total. The minimum Gasteiger partial charge on any atom is -0.283 e. The molecule has 0 bridgehead atoms. The van der Waals surface area contributed by atoms with Crippen LogP contribution in [-0.4, -0.2) is 9.97 Å². The third-order valence-corrected chi connectivity index (χ3v) is 5.09. The Kier molecular flexibility index (Phi) is 5.20. The molecule has 144 valence electrons. The molecule has 0 spiro atoms. The molecule has 4 aromatic rings. The van der Waals surface area contributed by atoms with E-state index in [-0.39, 0.29) is 5.69 Å². The highest BCUT2D eigenvalue weighted by atomic mass is 35.5. The number of aryl methyl sites for hydroxylation is 1. The molecule has 0 radical (unpaired) electrons. The normalized spacial score (nSPS) is 12.0. The van der Waals surface area contributed by atoms with Crippen LogP contribution in [0.3, 0.4) is 0 Å². The van der Waals surface area contributed by atoms with Gasteiger partial charge in [0.1, 0.15) is 17.0 Å². The van der Waals surface area contributed by atoms with E-state index in [1.807, 2.05) is 49.4 Å². The van der Waals surface area contributed by atoms with Crippen LogP contribution in [0.25, 0.3) is 10.9 Å². The van der Waals surface area contributed by atoms with Crippen molar-refractivity contribution >= 4 is 34.0 Å². The number of nitrogens with zero attached hydrogens (tertiary/aromatic N) is 4. The molecule has 0 fully saturated rings. The second-order valence-electron chi connectivity index (χ2n) is 6.70. The molecule has 0 saturated heterocycles. The molecule has 0 aliphatic heterocycles. The van der Waals surface area contributed by atoms with Gasteiger partial charge in [-0.05, 0) is 48.0 Å². The lowest BCUT2D eigenvalue weighted by Crippen LogP contribution is -2.36. The van der Waals surface area contributed by atoms with Gasteiger partial charge in [-0.25, -0.2) is 10.8 Å². The number of nitrogens with two attached hydrogens (primary N) is 1. The number of hydrazine groups is 1. The monoisotopic (exact) mass is 403 g/mol. The van der Waals surface area contributed by atoms with Crippen LogP contribution in [0.2, 0.25) is 5.02 Å². The largest absolute Gasteiger partial charge is 0.283 e. The summed E-state index contributed by atoms with van der Waals surface area (Å²) in [6.07, 6.45) is 3.27. The number of benzene rings is 2. The van der Waals surface area contributed by atoms with Gasteiger partial charge in [0.15, 0.2) is 0 Å². The van der Waals surface area contributed by atoms with Crippen LogP contribution in [0.1, 0.15) is 22.7 Å². The maximum atomic E-state index is 11.9. The van der Waals surface area contributed by atoms with Crippen molar-refractivity contribution in [2.75, 3.05) is 5.01 Å². The fraction of sp³-hybridized carbons (Fsp3) is 0.0909. The molecule has 0 amide bonds. The number of anilines is 1. The van der Waals surface area contributed by atoms with Gasteiger partial charge in [0.25, 0.3) is 0 Å². The summed E-state index contributed by atoms with van der Waals surface area (Å²) >= 11 is 6.55. The Balaban J connectivity index is 2.00. The van der Waals surface area contributed by atoms with E-state index in [2.05, 4.69) is 15.1 Å². The molecule has 1 atom stereocenters. The highest BCUT2D eigenvalue weighted by molar-refractivity contribution is 6.36. The Morgan fingerprint density at radius 2 is 1.86 bits per heavy atom.